The van der Waals surface area contributed by atoms with Crippen molar-refractivity contribution in [1.29, 1.82) is 0 Å². The van der Waals surface area contributed by atoms with E-state index in [2.05, 4.69) is 15.4 Å². The number of nitrogens with one attached hydrogen (secondary N) is 1. The fourth-order valence-electron chi connectivity index (χ4n) is 2.24. The molecular formula is C16H19N3O3. The highest BCUT2D eigenvalue weighted by Gasteiger charge is 2.23. The number of carbonyl (C=O) groups excluding carboxylic acids is 1. The predicted octanol–water partition coefficient (Wildman–Crippen LogP) is 2.75. The first-order valence-corrected chi connectivity index (χ1v) is 7.50. The minimum absolute atomic E-state index is 0.195. The van der Waals surface area contributed by atoms with Crippen molar-refractivity contribution in [2.75, 3.05) is 13.2 Å². The number of rotatable bonds is 6. The summed E-state index contributed by atoms with van der Waals surface area (Å²) in [6.45, 7) is 4.78. The largest absolute Gasteiger partial charge is 0.493 e. The van der Waals surface area contributed by atoms with E-state index < -0.39 is 5.97 Å². The molecule has 1 aromatic carbocycles. The molecule has 1 saturated carbocycles. The maximum Gasteiger partial charge on any atom is 0.361 e. The van der Waals surface area contributed by atoms with Crippen LogP contribution < -0.4 is 4.74 Å². The van der Waals surface area contributed by atoms with E-state index in [0.717, 1.165) is 23.5 Å². The number of ether oxygens (including phenoxy) is 2. The van der Waals surface area contributed by atoms with Crippen molar-refractivity contribution in [1.82, 2.24) is 15.4 Å². The van der Waals surface area contributed by atoms with Gasteiger partial charge in [0.15, 0.2) is 5.69 Å². The lowest BCUT2D eigenvalue weighted by atomic mass is 10.1. The molecule has 3 rings (SSSR count). The van der Waals surface area contributed by atoms with E-state index in [0.29, 0.717) is 18.2 Å². The molecule has 0 aliphatic heterocycles. The van der Waals surface area contributed by atoms with E-state index in [9.17, 15) is 4.79 Å². The SMILES string of the molecule is CCOC(=O)c1n[nH]nc1-c1cc(C)cc(OCC2CC2)c1. The molecule has 6 nitrogen and oxygen atoms in total. The Hall–Kier alpha value is -2.37. The van der Waals surface area contributed by atoms with Gasteiger partial charge in [-0.05, 0) is 56.4 Å². The maximum absolute atomic E-state index is 11.9. The summed E-state index contributed by atoms with van der Waals surface area (Å²) < 4.78 is 10.8. The number of aromatic amines is 1. The Bertz CT molecular complexity index is 677. The molecule has 0 saturated heterocycles. The Morgan fingerprint density at radius 3 is 2.86 bits per heavy atom. The number of benzene rings is 1. The summed E-state index contributed by atoms with van der Waals surface area (Å²) in [5, 5.41) is 10.5. The van der Waals surface area contributed by atoms with Gasteiger partial charge in [-0.2, -0.15) is 10.3 Å². The van der Waals surface area contributed by atoms with E-state index in [1.54, 1.807) is 6.92 Å². The minimum atomic E-state index is -0.479. The smallest absolute Gasteiger partial charge is 0.361 e. The Morgan fingerprint density at radius 1 is 1.32 bits per heavy atom. The summed E-state index contributed by atoms with van der Waals surface area (Å²) in [7, 11) is 0. The van der Waals surface area contributed by atoms with Gasteiger partial charge < -0.3 is 9.47 Å². The fourth-order valence-corrected chi connectivity index (χ4v) is 2.24. The highest BCUT2D eigenvalue weighted by molar-refractivity contribution is 5.94. The van der Waals surface area contributed by atoms with Gasteiger partial charge in [-0.15, -0.1) is 5.10 Å². The number of nitrogens with zero attached hydrogens (tertiary/aromatic N) is 2. The molecule has 0 amide bonds. The van der Waals surface area contributed by atoms with Gasteiger partial charge in [-0.25, -0.2) is 4.79 Å². The second kappa shape index (κ2) is 6.17. The molecule has 0 bridgehead atoms. The summed E-state index contributed by atoms with van der Waals surface area (Å²) in [6, 6.07) is 5.82. The summed E-state index contributed by atoms with van der Waals surface area (Å²) in [6.07, 6.45) is 2.49. The third-order valence-corrected chi connectivity index (χ3v) is 3.52. The summed E-state index contributed by atoms with van der Waals surface area (Å²) in [5.41, 5.74) is 2.52. The second-order valence-corrected chi connectivity index (χ2v) is 5.53. The van der Waals surface area contributed by atoms with E-state index in [1.165, 1.54) is 12.8 Å². The van der Waals surface area contributed by atoms with Crippen LogP contribution in [-0.2, 0) is 4.74 Å². The van der Waals surface area contributed by atoms with Crippen LogP contribution in [0.1, 0.15) is 35.8 Å². The van der Waals surface area contributed by atoms with Gasteiger partial charge in [0.1, 0.15) is 11.4 Å². The first-order valence-electron chi connectivity index (χ1n) is 7.50. The van der Waals surface area contributed by atoms with Crippen LogP contribution in [0.25, 0.3) is 11.3 Å². The Kier molecular flexibility index (Phi) is 4.09. The van der Waals surface area contributed by atoms with Crippen molar-refractivity contribution in [2.45, 2.75) is 26.7 Å². The number of hydrogen-bond acceptors (Lipinski definition) is 5. The molecule has 0 spiro atoms. The van der Waals surface area contributed by atoms with Gasteiger partial charge in [0, 0.05) is 5.56 Å². The zero-order chi connectivity index (χ0) is 15.5. The molecule has 0 unspecified atom stereocenters. The zero-order valence-corrected chi connectivity index (χ0v) is 12.8. The van der Waals surface area contributed by atoms with E-state index in [-0.39, 0.29) is 5.69 Å². The quantitative estimate of drug-likeness (QED) is 0.830. The lowest BCUT2D eigenvalue weighted by molar-refractivity contribution is 0.0520. The van der Waals surface area contributed by atoms with Crippen LogP contribution >= 0.6 is 0 Å². The average molecular weight is 301 g/mol. The van der Waals surface area contributed by atoms with Crippen molar-refractivity contribution in [2.24, 2.45) is 5.92 Å². The molecule has 116 valence electrons. The molecule has 1 aliphatic carbocycles. The highest BCUT2D eigenvalue weighted by Crippen LogP contribution is 2.31. The Morgan fingerprint density at radius 2 is 2.14 bits per heavy atom. The molecule has 6 heteroatoms. The van der Waals surface area contributed by atoms with Crippen molar-refractivity contribution in [3.63, 3.8) is 0 Å². The topological polar surface area (TPSA) is 77.1 Å². The molecule has 22 heavy (non-hydrogen) atoms. The summed E-state index contributed by atoms with van der Waals surface area (Å²) in [4.78, 5) is 11.9. The third kappa shape index (κ3) is 3.27. The van der Waals surface area contributed by atoms with Gasteiger partial charge in [-0.1, -0.05) is 0 Å². The summed E-state index contributed by atoms with van der Waals surface area (Å²) in [5.74, 6) is 0.999. The summed E-state index contributed by atoms with van der Waals surface area (Å²) >= 11 is 0. The van der Waals surface area contributed by atoms with Crippen molar-refractivity contribution >= 4 is 5.97 Å². The molecule has 0 atom stereocenters. The van der Waals surface area contributed by atoms with Crippen molar-refractivity contribution in [3.05, 3.63) is 29.5 Å². The first kappa shape index (κ1) is 14.6. The molecule has 1 N–H and O–H groups in total. The predicted molar refractivity (Wildman–Crippen MR) is 80.7 cm³/mol. The lowest BCUT2D eigenvalue weighted by Crippen LogP contribution is -2.07. The van der Waals surface area contributed by atoms with Gasteiger partial charge in [0.25, 0.3) is 0 Å². The van der Waals surface area contributed by atoms with E-state index >= 15 is 0 Å². The number of esters is 1. The van der Waals surface area contributed by atoms with E-state index in [1.807, 2.05) is 25.1 Å². The molecule has 1 aromatic heterocycles. The molecular weight excluding hydrogens is 282 g/mol. The lowest BCUT2D eigenvalue weighted by Gasteiger charge is -2.09. The standard InChI is InChI=1S/C16H19N3O3/c1-3-21-16(20)15-14(17-19-18-15)12-6-10(2)7-13(8-12)22-9-11-4-5-11/h6-8,11H,3-5,9H2,1-2H3,(H,17,18,19). The van der Waals surface area contributed by atoms with Crippen LogP contribution in [0.3, 0.4) is 0 Å². The van der Waals surface area contributed by atoms with Crippen LogP contribution in [0, 0.1) is 12.8 Å². The molecule has 1 aliphatic rings. The maximum atomic E-state index is 11.9. The van der Waals surface area contributed by atoms with Gasteiger partial charge in [-0.3, -0.25) is 0 Å². The molecule has 1 heterocycles. The van der Waals surface area contributed by atoms with Crippen molar-refractivity contribution in [3.8, 4) is 17.0 Å². The zero-order valence-electron chi connectivity index (χ0n) is 12.8. The second-order valence-electron chi connectivity index (χ2n) is 5.53. The number of aromatic nitrogens is 3. The van der Waals surface area contributed by atoms with Gasteiger partial charge in [0.05, 0.1) is 13.2 Å². The highest BCUT2D eigenvalue weighted by atomic mass is 16.5. The third-order valence-electron chi connectivity index (χ3n) is 3.52. The van der Waals surface area contributed by atoms with Crippen LogP contribution in [-0.4, -0.2) is 34.6 Å². The van der Waals surface area contributed by atoms with Gasteiger partial charge in [0.2, 0.25) is 0 Å². The van der Waals surface area contributed by atoms with Crippen LogP contribution in [0.2, 0.25) is 0 Å². The Labute approximate surface area is 128 Å². The first-order chi connectivity index (χ1) is 10.7. The number of H-pyrrole nitrogens is 1. The minimum Gasteiger partial charge on any atom is -0.493 e. The number of aryl methyl sites for hydroxylation is 1. The molecule has 1 fully saturated rings. The van der Waals surface area contributed by atoms with Gasteiger partial charge >= 0.3 is 5.97 Å². The normalized spacial score (nSPS) is 13.9. The van der Waals surface area contributed by atoms with Crippen molar-refractivity contribution < 1.29 is 14.3 Å². The number of carbonyl (C=O) groups is 1. The monoisotopic (exact) mass is 301 g/mol. The molecule has 0 radical (unpaired) electrons. The van der Waals surface area contributed by atoms with Crippen LogP contribution in [0.4, 0.5) is 0 Å². The number of hydrogen-bond donors (Lipinski definition) is 1. The average Bonchev–Trinajstić information content (AvgIpc) is 3.18. The Balaban J connectivity index is 1.87. The van der Waals surface area contributed by atoms with Crippen LogP contribution in [0.5, 0.6) is 5.75 Å². The van der Waals surface area contributed by atoms with Crippen LogP contribution in [0.15, 0.2) is 18.2 Å². The van der Waals surface area contributed by atoms with E-state index in [4.69, 9.17) is 9.47 Å². The molecule has 2 aromatic rings. The fraction of sp³-hybridized carbons (Fsp3) is 0.438.